The monoisotopic (exact) mass is 227 g/mol. The van der Waals surface area contributed by atoms with Gasteiger partial charge in [-0.05, 0) is 42.3 Å². The molecule has 0 amide bonds. The van der Waals surface area contributed by atoms with Crippen LogP contribution in [-0.4, -0.2) is 0 Å². The minimum absolute atomic E-state index is 0.597. The Labute approximate surface area is 101 Å². The summed E-state index contributed by atoms with van der Waals surface area (Å²) in [4.78, 5) is 0. The highest BCUT2D eigenvalue weighted by Gasteiger charge is 1.98. The van der Waals surface area contributed by atoms with E-state index in [1.165, 1.54) is 5.56 Å². The Balaban J connectivity index is 2.16. The maximum Gasteiger partial charge on any atom is 0.0568 e. The first kappa shape index (κ1) is 11.3. The fourth-order valence-electron chi connectivity index (χ4n) is 1.64. The topological polar surface area (TPSA) is 64.1 Å². The standard InChI is InChI=1S/C14H17N3/c1-2-10-3-5-11(6-4-10)17-12-7-8-13(15)14(16)9-12/h3-9,17H,2,15-16H2,1H3. The van der Waals surface area contributed by atoms with Crippen molar-refractivity contribution in [3.8, 4) is 0 Å². The van der Waals surface area contributed by atoms with Gasteiger partial charge in [-0.25, -0.2) is 0 Å². The van der Waals surface area contributed by atoms with Crippen LogP contribution in [-0.2, 0) is 6.42 Å². The molecule has 3 nitrogen and oxygen atoms in total. The summed E-state index contributed by atoms with van der Waals surface area (Å²) >= 11 is 0. The molecule has 0 spiro atoms. The van der Waals surface area contributed by atoms with Gasteiger partial charge in [-0.2, -0.15) is 0 Å². The van der Waals surface area contributed by atoms with Gasteiger partial charge < -0.3 is 16.8 Å². The summed E-state index contributed by atoms with van der Waals surface area (Å²) in [7, 11) is 0. The average Bonchev–Trinajstić information content (AvgIpc) is 2.35. The molecule has 17 heavy (non-hydrogen) atoms. The normalized spacial score (nSPS) is 10.2. The minimum Gasteiger partial charge on any atom is -0.397 e. The highest BCUT2D eigenvalue weighted by atomic mass is 14.9. The van der Waals surface area contributed by atoms with Crippen LogP contribution in [0.4, 0.5) is 22.7 Å². The molecule has 0 heterocycles. The summed E-state index contributed by atoms with van der Waals surface area (Å²) in [5.74, 6) is 0. The fourth-order valence-corrected chi connectivity index (χ4v) is 1.64. The van der Waals surface area contributed by atoms with Gasteiger partial charge in [0.25, 0.3) is 0 Å². The van der Waals surface area contributed by atoms with E-state index in [0.29, 0.717) is 11.4 Å². The second kappa shape index (κ2) is 4.78. The minimum atomic E-state index is 0.597. The molecule has 0 atom stereocenters. The van der Waals surface area contributed by atoms with E-state index in [2.05, 4.69) is 36.5 Å². The lowest BCUT2D eigenvalue weighted by atomic mass is 10.1. The number of benzene rings is 2. The maximum atomic E-state index is 5.75. The smallest absolute Gasteiger partial charge is 0.0568 e. The van der Waals surface area contributed by atoms with E-state index in [1.54, 1.807) is 6.07 Å². The van der Waals surface area contributed by atoms with Gasteiger partial charge in [0, 0.05) is 11.4 Å². The lowest BCUT2D eigenvalue weighted by Crippen LogP contribution is -1.96. The first-order valence-corrected chi connectivity index (χ1v) is 5.70. The first-order chi connectivity index (χ1) is 8.19. The number of nitrogen functional groups attached to an aromatic ring is 2. The average molecular weight is 227 g/mol. The van der Waals surface area contributed by atoms with Crippen molar-refractivity contribution in [2.75, 3.05) is 16.8 Å². The van der Waals surface area contributed by atoms with Gasteiger partial charge >= 0.3 is 0 Å². The van der Waals surface area contributed by atoms with Gasteiger partial charge in [0.2, 0.25) is 0 Å². The van der Waals surface area contributed by atoms with Crippen molar-refractivity contribution in [1.29, 1.82) is 0 Å². The van der Waals surface area contributed by atoms with Gasteiger partial charge in [0.1, 0.15) is 0 Å². The molecule has 0 fully saturated rings. The van der Waals surface area contributed by atoms with Gasteiger partial charge in [-0.3, -0.25) is 0 Å². The molecule has 5 N–H and O–H groups in total. The molecule has 2 aromatic rings. The zero-order chi connectivity index (χ0) is 12.3. The lowest BCUT2D eigenvalue weighted by Gasteiger charge is -2.09. The van der Waals surface area contributed by atoms with Crippen molar-refractivity contribution >= 4 is 22.7 Å². The first-order valence-electron chi connectivity index (χ1n) is 5.70. The highest BCUT2D eigenvalue weighted by Crippen LogP contribution is 2.23. The van der Waals surface area contributed by atoms with E-state index in [0.717, 1.165) is 17.8 Å². The van der Waals surface area contributed by atoms with Crippen molar-refractivity contribution in [3.05, 3.63) is 48.0 Å². The van der Waals surface area contributed by atoms with Crippen LogP contribution in [0.25, 0.3) is 0 Å². The number of rotatable bonds is 3. The Kier molecular flexibility index (Phi) is 3.19. The zero-order valence-electron chi connectivity index (χ0n) is 9.90. The third kappa shape index (κ3) is 2.69. The molecule has 3 heteroatoms. The molecule has 88 valence electrons. The lowest BCUT2D eigenvalue weighted by molar-refractivity contribution is 1.14. The Morgan fingerprint density at radius 2 is 1.53 bits per heavy atom. The zero-order valence-corrected chi connectivity index (χ0v) is 9.90. The summed E-state index contributed by atoms with van der Waals surface area (Å²) < 4.78 is 0. The van der Waals surface area contributed by atoms with Gasteiger partial charge in [-0.1, -0.05) is 19.1 Å². The SMILES string of the molecule is CCc1ccc(Nc2ccc(N)c(N)c2)cc1. The van der Waals surface area contributed by atoms with Crippen molar-refractivity contribution in [3.63, 3.8) is 0 Å². The van der Waals surface area contributed by atoms with E-state index in [1.807, 2.05) is 12.1 Å². The molecular weight excluding hydrogens is 210 g/mol. The predicted molar refractivity (Wildman–Crippen MR) is 74.4 cm³/mol. The van der Waals surface area contributed by atoms with E-state index in [4.69, 9.17) is 11.5 Å². The summed E-state index contributed by atoms with van der Waals surface area (Å²) in [5, 5.41) is 3.29. The van der Waals surface area contributed by atoms with Crippen LogP contribution in [0.3, 0.4) is 0 Å². The summed E-state index contributed by atoms with van der Waals surface area (Å²) in [6, 6.07) is 13.9. The fraction of sp³-hybridized carbons (Fsp3) is 0.143. The summed E-state index contributed by atoms with van der Waals surface area (Å²) in [6.45, 7) is 2.14. The summed E-state index contributed by atoms with van der Waals surface area (Å²) in [6.07, 6.45) is 1.05. The van der Waals surface area contributed by atoms with E-state index in [9.17, 15) is 0 Å². The van der Waals surface area contributed by atoms with E-state index < -0.39 is 0 Å². The van der Waals surface area contributed by atoms with Crippen LogP contribution in [0.1, 0.15) is 12.5 Å². The van der Waals surface area contributed by atoms with E-state index in [-0.39, 0.29) is 0 Å². The Hall–Kier alpha value is -2.16. The Morgan fingerprint density at radius 3 is 2.12 bits per heavy atom. The number of hydrogen-bond acceptors (Lipinski definition) is 3. The van der Waals surface area contributed by atoms with Crippen LogP contribution in [0, 0.1) is 0 Å². The number of aryl methyl sites for hydroxylation is 1. The van der Waals surface area contributed by atoms with Crippen LogP contribution < -0.4 is 16.8 Å². The molecule has 0 saturated carbocycles. The van der Waals surface area contributed by atoms with Crippen molar-refractivity contribution in [2.45, 2.75) is 13.3 Å². The third-order valence-corrected chi connectivity index (χ3v) is 2.74. The largest absolute Gasteiger partial charge is 0.397 e. The van der Waals surface area contributed by atoms with Crippen molar-refractivity contribution in [2.24, 2.45) is 0 Å². The Morgan fingerprint density at radius 1 is 0.882 bits per heavy atom. The Bertz CT molecular complexity index is 503. The maximum absolute atomic E-state index is 5.75. The molecule has 2 rings (SSSR count). The molecule has 2 aromatic carbocycles. The molecule has 0 aromatic heterocycles. The third-order valence-electron chi connectivity index (χ3n) is 2.74. The number of nitrogens with two attached hydrogens (primary N) is 2. The van der Waals surface area contributed by atoms with E-state index >= 15 is 0 Å². The van der Waals surface area contributed by atoms with Crippen molar-refractivity contribution < 1.29 is 0 Å². The number of nitrogens with one attached hydrogen (secondary N) is 1. The molecular formula is C14H17N3. The van der Waals surface area contributed by atoms with Crippen LogP contribution in [0.2, 0.25) is 0 Å². The molecule has 0 bridgehead atoms. The number of anilines is 4. The number of hydrogen-bond donors (Lipinski definition) is 3. The van der Waals surface area contributed by atoms with Gasteiger partial charge in [0.05, 0.1) is 11.4 Å². The molecule has 0 aliphatic carbocycles. The molecule has 0 radical (unpaired) electrons. The molecule has 0 aliphatic heterocycles. The van der Waals surface area contributed by atoms with Gasteiger partial charge in [0.15, 0.2) is 0 Å². The van der Waals surface area contributed by atoms with Crippen LogP contribution >= 0.6 is 0 Å². The molecule has 0 unspecified atom stereocenters. The highest BCUT2D eigenvalue weighted by molar-refractivity contribution is 5.72. The summed E-state index contributed by atoms with van der Waals surface area (Å²) in [5.41, 5.74) is 15.9. The van der Waals surface area contributed by atoms with Crippen LogP contribution in [0.5, 0.6) is 0 Å². The second-order valence-electron chi connectivity index (χ2n) is 4.02. The predicted octanol–water partition coefficient (Wildman–Crippen LogP) is 3.16. The second-order valence-corrected chi connectivity index (χ2v) is 4.02. The molecule has 0 saturated heterocycles. The van der Waals surface area contributed by atoms with Crippen LogP contribution in [0.15, 0.2) is 42.5 Å². The van der Waals surface area contributed by atoms with Crippen molar-refractivity contribution in [1.82, 2.24) is 0 Å². The van der Waals surface area contributed by atoms with Gasteiger partial charge in [-0.15, -0.1) is 0 Å². The quantitative estimate of drug-likeness (QED) is 0.706. The molecule has 0 aliphatic rings.